The predicted octanol–water partition coefficient (Wildman–Crippen LogP) is 3.81. The molecule has 0 atom stereocenters. The lowest BCUT2D eigenvalue weighted by Crippen LogP contribution is -2.46. The first kappa shape index (κ1) is 19.5. The molecular formula is C21H26ClN3O2. The fourth-order valence-corrected chi connectivity index (χ4v) is 3.49. The van der Waals surface area contributed by atoms with Crippen LogP contribution in [0.3, 0.4) is 0 Å². The zero-order chi connectivity index (χ0) is 19.2. The van der Waals surface area contributed by atoms with E-state index in [1.54, 1.807) is 0 Å². The summed E-state index contributed by atoms with van der Waals surface area (Å²) in [5, 5.41) is 3.60. The summed E-state index contributed by atoms with van der Waals surface area (Å²) in [6.07, 6.45) is 0. The van der Waals surface area contributed by atoms with Crippen LogP contribution in [-0.2, 0) is 4.79 Å². The van der Waals surface area contributed by atoms with Crippen molar-refractivity contribution in [3.8, 4) is 5.75 Å². The Morgan fingerprint density at radius 1 is 1.11 bits per heavy atom. The van der Waals surface area contributed by atoms with E-state index >= 15 is 0 Å². The maximum atomic E-state index is 12.4. The van der Waals surface area contributed by atoms with Crippen LogP contribution in [0.4, 0.5) is 11.4 Å². The summed E-state index contributed by atoms with van der Waals surface area (Å²) < 4.78 is 5.57. The van der Waals surface area contributed by atoms with Crippen LogP contribution in [0.25, 0.3) is 0 Å². The van der Waals surface area contributed by atoms with Gasteiger partial charge in [0.05, 0.1) is 16.4 Å². The van der Waals surface area contributed by atoms with Gasteiger partial charge in [-0.05, 0) is 37.7 Å². The van der Waals surface area contributed by atoms with E-state index < -0.39 is 0 Å². The van der Waals surface area contributed by atoms with Crippen molar-refractivity contribution in [2.45, 2.75) is 13.8 Å². The third-order valence-corrected chi connectivity index (χ3v) is 5.09. The summed E-state index contributed by atoms with van der Waals surface area (Å²) in [5.41, 5.74) is 2.77. The fourth-order valence-electron chi connectivity index (χ4n) is 3.19. The van der Waals surface area contributed by atoms with E-state index in [0.29, 0.717) is 10.8 Å². The Balaban J connectivity index is 1.65. The minimum absolute atomic E-state index is 0.0430. The highest BCUT2D eigenvalue weighted by Crippen LogP contribution is 2.34. The summed E-state index contributed by atoms with van der Waals surface area (Å²) >= 11 is 6.47. The normalized spacial score (nSPS) is 14.9. The molecule has 6 heteroatoms. The average Bonchev–Trinajstić information content (AvgIpc) is 2.68. The molecule has 2 aromatic rings. The third kappa shape index (κ3) is 5.15. The van der Waals surface area contributed by atoms with E-state index in [0.717, 1.165) is 49.7 Å². The van der Waals surface area contributed by atoms with Gasteiger partial charge in [-0.3, -0.25) is 4.79 Å². The number of aryl methyl sites for hydroxylation is 1. The lowest BCUT2D eigenvalue weighted by atomic mass is 10.2. The summed E-state index contributed by atoms with van der Waals surface area (Å²) in [7, 11) is 0. The predicted molar refractivity (Wildman–Crippen MR) is 111 cm³/mol. The van der Waals surface area contributed by atoms with Crippen LogP contribution in [0, 0.1) is 6.92 Å². The molecule has 1 aliphatic heterocycles. The third-order valence-electron chi connectivity index (χ3n) is 4.79. The first-order chi connectivity index (χ1) is 13.1. The number of carbonyl (C=O) groups is 1. The number of benzene rings is 2. The maximum Gasteiger partial charge on any atom is 0.262 e. The molecule has 0 aliphatic carbocycles. The van der Waals surface area contributed by atoms with Gasteiger partial charge in [0.25, 0.3) is 5.91 Å². The molecule has 1 fully saturated rings. The molecule has 1 aliphatic rings. The number of anilines is 2. The van der Waals surface area contributed by atoms with Crippen LogP contribution in [0.15, 0.2) is 42.5 Å². The van der Waals surface area contributed by atoms with E-state index in [-0.39, 0.29) is 12.5 Å². The van der Waals surface area contributed by atoms with E-state index in [1.165, 1.54) is 0 Å². The molecule has 1 N–H and O–H groups in total. The second kappa shape index (κ2) is 9.11. The lowest BCUT2D eigenvalue weighted by molar-refractivity contribution is -0.118. The smallest absolute Gasteiger partial charge is 0.262 e. The lowest BCUT2D eigenvalue weighted by Gasteiger charge is -2.36. The Bertz CT molecular complexity index is 771. The number of carbonyl (C=O) groups excluding carboxylic acids is 1. The minimum Gasteiger partial charge on any atom is -0.484 e. The number of hydrogen-bond acceptors (Lipinski definition) is 4. The molecule has 0 saturated carbocycles. The number of amides is 1. The van der Waals surface area contributed by atoms with Gasteiger partial charge in [-0.15, -0.1) is 0 Å². The standard InChI is InChI=1S/C21H26ClN3O2/c1-3-24-11-13-25(14-12-24)21-18(22)5-4-6-19(21)23-20(26)15-27-17-9-7-16(2)8-10-17/h4-10H,3,11-15H2,1-2H3,(H,23,26). The topological polar surface area (TPSA) is 44.8 Å². The van der Waals surface area contributed by atoms with Gasteiger partial charge in [-0.2, -0.15) is 0 Å². The highest BCUT2D eigenvalue weighted by molar-refractivity contribution is 6.34. The van der Waals surface area contributed by atoms with Crippen LogP contribution in [0.1, 0.15) is 12.5 Å². The van der Waals surface area contributed by atoms with Crippen molar-refractivity contribution in [2.24, 2.45) is 0 Å². The highest BCUT2D eigenvalue weighted by Gasteiger charge is 2.21. The first-order valence-corrected chi connectivity index (χ1v) is 9.69. The van der Waals surface area contributed by atoms with Gasteiger partial charge in [-0.1, -0.05) is 42.3 Å². The van der Waals surface area contributed by atoms with Gasteiger partial charge in [0.15, 0.2) is 6.61 Å². The molecule has 0 spiro atoms. The Labute approximate surface area is 165 Å². The van der Waals surface area contributed by atoms with Crippen LogP contribution in [0.5, 0.6) is 5.75 Å². The number of likely N-dealkylation sites (N-methyl/N-ethyl adjacent to an activating group) is 1. The summed E-state index contributed by atoms with van der Waals surface area (Å²) in [6.45, 7) is 8.95. The SMILES string of the molecule is CCN1CCN(c2c(Cl)cccc2NC(=O)COc2ccc(C)cc2)CC1. The van der Waals surface area contributed by atoms with Crippen molar-refractivity contribution in [3.05, 3.63) is 53.1 Å². The van der Waals surface area contributed by atoms with E-state index in [9.17, 15) is 4.79 Å². The number of halogens is 1. The molecule has 1 heterocycles. The Morgan fingerprint density at radius 2 is 1.81 bits per heavy atom. The summed E-state index contributed by atoms with van der Waals surface area (Å²) in [5.74, 6) is 0.476. The van der Waals surface area contributed by atoms with E-state index in [1.807, 2.05) is 49.4 Å². The fraction of sp³-hybridized carbons (Fsp3) is 0.381. The van der Waals surface area contributed by atoms with Gasteiger partial charge >= 0.3 is 0 Å². The van der Waals surface area contributed by atoms with Gasteiger partial charge in [0, 0.05) is 26.2 Å². The molecule has 2 aromatic carbocycles. The molecular weight excluding hydrogens is 362 g/mol. The van der Waals surface area contributed by atoms with Crippen molar-refractivity contribution in [3.63, 3.8) is 0 Å². The molecule has 27 heavy (non-hydrogen) atoms. The summed E-state index contributed by atoms with van der Waals surface area (Å²) in [6, 6.07) is 13.2. The van der Waals surface area contributed by atoms with Crippen molar-refractivity contribution in [1.29, 1.82) is 0 Å². The second-order valence-corrected chi connectivity index (χ2v) is 7.11. The number of ether oxygens (including phenoxy) is 1. The zero-order valence-electron chi connectivity index (χ0n) is 15.9. The monoisotopic (exact) mass is 387 g/mol. The van der Waals surface area contributed by atoms with Crippen LogP contribution >= 0.6 is 11.6 Å². The molecule has 144 valence electrons. The second-order valence-electron chi connectivity index (χ2n) is 6.71. The van der Waals surface area contributed by atoms with Crippen LogP contribution in [-0.4, -0.2) is 50.1 Å². The highest BCUT2D eigenvalue weighted by atomic mass is 35.5. The Hall–Kier alpha value is -2.24. The van der Waals surface area contributed by atoms with Gasteiger partial charge in [0.1, 0.15) is 5.75 Å². The molecule has 1 amide bonds. The Kier molecular flexibility index (Phi) is 6.58. The number of rotatable bonds is 6. The molecule has 3 rings (SSSR count). The molecule has 0 aromatic heterocycles. The number of hydrogen-bond donors (Lipinski definition) is 1. The number of piperazine rings is 1. The quantitative estimate of drug-likeness (QED) is 0.818. The minimum atomic E-state index is -0.203. The number of nitrogens with one attached hydrogen (secondary N) is 1. The van der Waals surface area contributed by atoms with Gasteiger partial charge < -0.3 is 19.9 Å². The zero-order valence-corrected chi connectivity index (χ0v) is 16.6. The number of para-hydroxylation sites is 1. The summed E-state index contributed by atoms with van der Waals surface area (Å²) in [4.78, 5) is 17.0. The van der Waals surface area contributed by atoms with Crippen LogP contribution in [0.2, 0.25) is 5.02 Å². The van der Waals surface area contributed by atoms with Gasteiger partial charge in [-0.25, -0.2) is 0 Å². The Morgan fingerprint density at radius 3 is 2.48 bits per heavy atom. The maximum absolute atomic E-state index is 12.4. The van der Waals surface area contributed by atoms with Crippen molar-refractivity contribution < 1.29 is 9.53 Å². The molecule has 5 nitrogen and oxygen atoms in total. The van der Waals surface area contributed by atoms with Crippen molar-refractivity contribution in [2.75, 3.05) is 49.5 Å². The van der Waals surface area contributed by atoms with Crippen molar-refractivity contribution in [1.82, 2.24) is 4.90 Å². The van der Waals surface area contributed by atoms with Crippen LogP contribution < -0.4 is 15.0 Å². The molecule has 1 saturated heterocycles. The van der Waals surface area contributed by atoms with E-state index in [4.69, 9.17) is 16.3 Å². The van der Waals surface area contributed by atoms with Crippen molar-refractivity contribution >= 4 is 28.9 Å². The van der Waals surface area contributed by atoms with E-state index in [2.05, 4.69) is 22.0 Å². The van der Waals surface area contributed by atoms with Gasteiger partial charge in [0.2, 0.25) is 0 Å². The molecule has 0 radical (unpaired) electrons. The molecule has 0 unspecified atom stereocenters. The first-order valence-electron chi connectivity index (χ1n) is 9.32. The average molecular weight is 388 g/mol. The largest absolute Gasteiger partial charge is 0.484 e. The molecule has 0 bridgehead atoms. The number of nitrogens with zero attached hydrogens (tertiary/aromatic N) is 2.